The van der Waals surface area contributed by atoms with Gasteiger partial charge in [0.2, 0.25) is 0 Å². The molecule has 1 aromatic carbocycles. The van der Waals surface area contributed by atoms with Crippen molar-refractivity contribution >= 4 is 0 Å². The Kier molecular flexibility index (Phi) is 6.22. The van der Waals surface area contributed by atoms with E-state index in [1.54, 1.807) is 24.3 Å². The maximum atomic E-state index is 10.1. The molecule has 0 aromatic heterocycles. The minimum Gasteiger partial charge on any atom is -0.481 e. The second-order valence-corrected chi connectivity index (χ2v) is 5.22. The number of ether oxygens (including phenoxy) is 2. The molecule has 1 aromatic rings. The summed E-state index contributed by atoms with van der Waals surface area (Å²) >= 11 is 0. The zero-order chi connectivity index (χ0) is 15.9. The molecule has 1 heterocycles. The Morgan fingerprint density at radius 1 is 1.23 bits per heavy atom. The molecular weight excluding hydrogens is 284 g/mol. The van der Waals surface area contributed by atoms with Gasteiger partial charge in [-0.05, 0) is 17.7 Å². The Labute approximate surface area is 130 Å². The predicted octanol–water partition coefficient (Wildman–Crippen LogP) is 1.02. The van der Waals surface area contributed by atoms with E-state index >= 15 is 0 Å². The second-order valence-electron chi connectivity index (χ2n) is 5.22. The van der Waals surface area contributed by atoms with Crippen LogP contribution in [0.15, 0.2) is 24.3 Å². The molecule has 2 rings (SSSR count). The fraction of sp³-hybridized carbons (Fsp3) is 0.529. The van der Waals surface area contributed by atoms with Crippen molar-refractivity contribution in [2.45, 2.75) is 44.2 Å². The molecule has 0 amide bonds. The van der Waals surface area contributed by atoms with Crippen LogP contribution in [0.3, 0.4) is 0 Å². The van der Waals surface area contributed by atoms with Crippen LogP contribution in [-0.4, -0.2) is 46.8 Å². The van der Waals surface area contributed by atoms with Gasteiger partial charge in [0.05, 0.1) is 18.8 Å². The van der Waals surface area contributed by atoms with Crippen molar-refractivity contribution in [1.82, 2.24) is 0 Å². The summed E-state index contributed by atoms with van der Waals surface area (Å²) in [4.78, 5) is 0. The smallest absolute Gasteiger partial charge is 0.149 e. The highest BCUT2D eigenvalue weighted by Crippen LogP contribution is 2.32. The van der Waals surface area contributed by atoms with Crippen molar-refractivity contribution < 1.29 is 24.8 Å². The third-order valence-corrected chi connectivity index (χ3v) is 3.57. The maximum absolute atomic E-state index is 10.1. The molecule has 0 aliphatic carbocycles. The molecule has 1 aliphatic heterocycles. The molecule has 5 heteroatoms. The summed E-state index contributed by atoms with van der Waals surface area (Å²) in [5, 5.41) is 29.1. The van der Waals surface area contributed by atoms with Crippen LogP contribution in [0.2, 0.25) is 0 Å². The summed E-state index contributed by atoms with van der Waals surface area (Å²) in [6, 6.07) is 7.11. The van der Waals surface area contributed by atoms with Crippen molar-refractivity contribution in [1.29, 1.82) is 0 Å². The lowest BCUT2D eigenvalue weighted by molar-refractivity contribution is -0.179. The van der Waals surface area contributed by atoms with Crippen LogP contribution in [0.25, 0.3) is 0 Å². The average molecular weight is 306 g/mol. The lowest BCUT2D eigenvalue weighted by Gasteiger charge is -2.36. The van der Waals surface area contributed by atoms with Crippen molar-refractivity contribution in [2.75, 3.05) is 13.2 Å². The van der Waals surface area contributed by atoms with Crippen LogP contribution in [-0.2, 0) is 4.74 Å². The summed E-state index contributed by atoms with van der Waals surface area (Å²) < 4.78 is 11.1. The molecule has 1 aliphatic rings. The van der Waals surface area contributed by atoms with Crippen molar-refractivity contribution in [2.24, 2.45) is 0 Å². The maximum Gasteiger partial charge on any atom is 0.149 e. The number of hydrogen-bond acceptors (Lipinski definition) is 5. The fourth-order valence-corrected chi connectivity index (χ4v) is 2.40. The molecule has 4 atom stereocenters. The lowest BCUT2D eigenvalue weighted by Crippen LogP contribution is -2.44. The molecule has 0 saturated carbocycles. The molecular formula is C17H22O5. The van der Waals surface area contributed by atoms with Crippen LogP contribution >= 0.6 is 0 Å². The van der Waals surface area contributed by atoms with E-state index in [4.69, 9.17) is 9.47 Å². The molecule has 0 spiro atoms. The molecule has 5 nitrogen and oxygen atoms in total. The molecule has 0 bridgehead atoms. The normalized spacial score (nSPS) is 27.8. The first kappa shape index (κ1) is 16.8. The van der Waals surface area contributed by atoms with E-state index in [1.165, 1.54) is 0 Å². The van der Waals surface area contributed by atoms with Crippen LogP contribution < -0.4 is 4.74 Å². The van der Waals surface area contributed by atoms with E-state index in [0.717, 1.165) is 12.0 Å². The summed E-state index contributed by atoms with van der Waals surface area (Å²) in [6.45, 7) is 2.13. The van der Waals surface area contributed by atoms with Crippen molar-refractivity contribution in [3.63, 3.8) is 0 Å². The van der Waals surface area contributed by atoms with Crippen LogP contribution in [0, 0.1) is 11.8 Å². The SMILES string of the molecule is CCC#CCOc1ccc([C@H]2OC(CO)CC(O)C2O)cc1. The Morgan fingerprint density at radius 2 is 1.95 bits per heavy atom. The van der Waals surface area contributed by atoms with E-state index in [0.29, 0.717) is 12.4 Å². The Hall–Kier alpha value is -1.58. The standard InChI is InChI=1S/C17H22O5/c1-2-3-4-9-21-13-7-5-12(6-8-13)17-16(20)15(19)10-14(11-18)22-17/h5-8,14-20H,2,9-11H2,1H3/t14?,15?,16?,17-/m1/s1. The molecule has 1 saturated heterocycles. The molecule has 3 N–H and O–H groups in total. The Morgan fingerprint density at radius 3 is 2.59 bits per heavy atom. The van der Waals surface area contributed by atoms with E-state index in [9.17, 15) is 15.3 Å². The Balaban J connectivity index is 2.02. The number of aliphatic hydroxyl groups is 3. The van der Waals surface area contributed by atoms with Gasteiger partial charge in [-0.3, -0.25) is 0 Å². The Bertz CT molecular complexity index is 516. The highest BCUT2D eigenvalue weighted by molar-refractivity contribution is 5.30. The predicted molar refractivity (Wildman–Crippen MR) is 81.3 cm³/mol. The third kappa shape index (κ3) is 4.21. The van der Waals surface area contributed by atoms with E-state index in [2.05, 4.69) is 11.8 Å². The third-order valence-electron chi connectivity index (χ3n) is 3.57. The van der Waals surface area contributed by atoms with Gasteiger partial charge in [-0.15, -0.1) is 5.92 Å². The summed E-state index contributed by atoms with van der Waals surface area (Å²) in [5.74, 6) is 6.49. The highest BCUT2D eigenvalue weighted by Gasteiger charge is 2.37. The second kappa shape index (κ2) is 8.16. The highest BCUT2D eigenvalue weighted by atomic mass is 16.5. The van der Waals surface area contributed by atoms with Crippen molar-refractivity contribution in [3.05, 3.63) is 29.8 Å². The molecule has 22 heavy (non-hydrogen) atoms. The first-order valence-corrected chi connectivity index (χ1v) is 7.46. The minimum absolute atomic E-state index is 0.183. The van der Waals surface area contributed by atoms with Gasteiger partial charge < -0.3 is 24.8 Å². The van der Waals surface area contributed by atoms with Gasteiger partial charge in [-0.1, -0.05) is 25.0 Å². The van der Waals surface area contributed by atoms with Gasteiger partial charge in [0, 0.05) is 12.8 Å². The first-order valence-electron chi connectivity index (χ1n) is 7.46. The molecule has 3 unspecified atom stereocenters. The van der Waals surface area contributed by atoms with Gasteiger partial charge >= 0.3 is 0 Å². The van der Waals surface area contributed by atoms with Gasteiger partial charge in [-0.25, -0.2) is 0 Å². The zero-order valence-electron chi connectivity index (χ0n) is 12.6. The van der Waals surface area contributed by atoms with E-state index < -0.39 is 24.4 Å². The largest absolute Gasteiger partial charge is 0.481 e. The first-order chi connectivity index (χ1) is 10.7. The van der Waals surface area contributed by atoms with Gasteiger partial charge in [0.1, 0.15) is 24.6 Å². The minimum atomic E-state index is -1.01. The number of hydrogen-bond donors (Lipinski definition) is 3. The van der Waals surface area contributed by atoms with Crippen molar-refractivity contribution in [3.8, 4) is 17.6 Å². The lowest BCUT2D eigenvalue weighted by atomic mass is 9.93. The summed E-state index contributed by atoms with van der Waals surface area (Å²) in [5.41, 5.74) is 0.733. The van der Waals surface area contributed by atoms with Crippen LogP contribution in [0.5, 0.6) is 5.75 Å². The topological polar surface area (TPSA) is 79.2 Å². The molecule has 120 valence electrons. The van der Waals surface area contributed by atoms with E-state index in [-0.39, 0.29) is 13.0 Å². The zero-order valence-corrected chi connectivity index (χ0v) is 12.6. The fourth-order valence-electron chi connectivity index (χ4n) is 2.40. The number of rotatable bonds is 4. The van der Waals surface area contributed by atoms with Crippen LogP contribution in [0.1, 0.15) is 31.4 Å². The average Bonchev–Trinajstić information content (AvgIpc) is 2.55. The quantitative estimate of drug-likeness (QED) is 0.724. The van der Waals surface area contributed by atoms with Gasteiger partial charge in [-0.2, -0.15) is 0 Å². The molecule has 1 fully saturated rings. The van der Waals surface area contributed by atoms with Gasteiger partial charge in [0.15, 0.2) is 0 Å². The number of aliphatic hydroxyl groups excluding tert-OH is 3. The summed E-state index contributed by atoms with van der Waals surface area (Å²) in [6.07, 6.45) is -2.02. The van der Waals surface area contributed by atoms with E-state index in [1.807, 2.05) is 6.92 Å². The number of benzene rings is 1. The van der Waals surface area contributed by atoms with Crippen LogP contribution in [0.4, 0.5) is 0 Å². The van der Waals surface area contributed by atoms with Gasteiger partial charge in [0.25, 0.3) is 0 Å². The molecule has 0 radical (unpaired) electrons. The summed E-state index contributed by atoms with van der Waals surface area (Å²) in [7, 11) is 0. The monoisotopic (exact) mass is 306 g/mol.